The molecular formula is C19H26N4OS. The molecule has 0 spiro atoms. The van der Waals surface area contributed by atoms with Gasteiger partial charge < -0.3 is 10.2 Å². The fourth-order valence-corrected chi connectivity index (χ4v) is 4.14. The third-order valence-electron chi connectivity index (χ3n) is 4.86. The fourth-order valence-electron chi connectivity index (χ4n) is 3.44. The fraction of sp³-hybridized carbons (Fsp3) is 0.474. The highest BCUT2D eigenvalue weighted by atomic mass is 32.1. The summed E-state index contributed by atoms with van der Waals surface area (Å²) in [6.07, 6.45) is 1.84. The average molecular weight is 359 g/mol. The normalized spacial score (nSPS) is 16.7. The molecule has 25 heavy (non-hydrogen) atoms. The van der Waals surface area contributed by atoms with E-state index in [9.17, 15) is 4.79 Å². The van der Waals surface area contributed by atoms with Crippen molar-refractivity contribution in [3.05, 3.63) is 40.4 Å². The Bertz CT molecular complexity index is 713. The first-order valence-electron chi connectivity index (χ1n) is 8.73. The van der Waals surface area contributed by atoms with E-state index in [0.29, 0.717) is 0 Å². The molecule has 0 radical (unpaired) electrons. The van der Waals surface area contributed by atoms with Crippen LogP contribution in [0.3, 0.4) is 0 Å². The topological polar surface area (TPSA) is 48.5 Å². The highest BCUT2D eigenvalue weighted by Gasteiger charge is 2.26. The Kier molecular flexibility index (Phi) is 5.39. The van der Waals surface area contributed by atoms with Crippen LogP contribution >= 0.6 is 11.3 Å². The molecule has 1 aromatic carbocycles. The number of nitrogens with zero attached hydrogens (tertiary/aromatic N) is 3. The molecule has 1 N–H and O–H groups in total. The van der Waals surface area contributed by atoms with E-state index in [1.165, 1.54) is 5.56 Å². The summed E-state index contributed by atoms with van der Waals surface area (Å²) in [4.78, 5) is 21.6. The van der Waals surface area contributed by atoms with Crippen LogP contribution in [0.1, 0.15) is 23.6 Å². The molecule has 1 fully saturated rings. The Hall–Kier alpha value is -1.92. The zero-order valence-corrected chi connectivity index (χ0v) is 16.2. The van der Waals surface area contributed by atoms with Crippen molar-refractivity contribution < 1.29 is 4.79 Å². The van der Waals surface area contributed by atoms with E-state index in [1.807, 2.05) is 32.3 Å². The van der Waals surface area contributed by atoms with Gasteiger partial charge in [0.25, 0.3) is 0 Å². The van der Waals surface area contributed by atoms with Crippen molar-refractivity contribution in [3.8, 4) is 0 Å². The number of carbonyl (C=O) groups is 1. The van der Waals surface area contributed by atoms with Crippen molar-refractivity contribution >= 4 is 28.1 Å². The minimum absolute atomic E-state index is 0.0674. The van der Waals surface area contributed by atoms with Gasteiger partial charge in [0.05, 0.1) is 6.04 Å². The Labute approximate surface area is 153 Å². The van der Waals surface area contributed by atoms with E-state index in [0.717, 1.165) is 48.1 Å². The van der Waals surface area contributed by atoms with Crippen LogP contribution in [0.25, 0.3) is 0 Å². The summed E-state index contributed by atoms with van der Waals surface area (Å²) in [5.74, 6) is 0.0674. The maximum absolute atomic E-state index is 12.7. The molecule has 134 valence electrons. The third kappa shape index (κ3) is 4.02. The molecule has 1 aliphatic heterocycles. The quantitative estimate of drug-likeness (QED) is 0.912. The summed E-state index contributed by atoms with van der Waals surface area (Å²) >= 11 is 1.67. The maximum Gasteiger partial charge on any atom is 0.241 e. The molecule has 2 heterocycles. The van der Waals surface area contributed by atoms with Gasteiger partial charge >= 0.3 is 0 Å². The lowest BCUT2D eigenvalue weighted by molar-refractivity contribution is -0.120. The number of thiazole rings is 1. The van der Waals surface area contributed by atoms with Crippen molar-refractivity contribution in [2.75, 3.05) is 36.4 Å². The summed E-state index contributed by atoms with van der Waals surface area (Å²) < 4.78 is 0. The maximum atomic E-state index is 12.7. The molecule has 0 aliphatic carbocycles. The number of aromatic nitrogens is 1. The van der Waals surface area contributed by atoms with Gasteiger partial charge in [-0.3, -0.25) is 9.69 Å². The summed E-state index contributed by atoms with van der Waals surface area (Å²) in [7, 11) is 0. The van der Waals surface area contributed by atoms with Gasteiger partial charge in [0, 0.05) is 43.4 Å². The van der Waals surface area contributed by atoms with E-state index in [4.69, 9.17) is 0 Å². The van der Waals surface area contributed by atoms with E-state index in [2.05, 4.69) is 39.2 Å². The van der Waals surface area contributed by atoms with E-state index in [1.54, 1.807) is 11.3 Å². The van der Waals surface area contributed by atoms with Gasteiger partial charge in [-0.2, -0.15) is 0 Å². The second-order valence-corrected chi connectivity index (χ2v) is 7.65. The number of rotatable bonds is 4. The molecule has 1 atom stereocenters. The lowest BCUT2D eigenvalue weighted by Gasteiger charge is -2.37. The summed E-state index contributed by atoms with van der Waals surface area (Å²) in [6, 6.07) is 4.08. The second kappa shape index (κ2) is 7.54. The lowest BCUT2D eigenvalue weighted by atomic mass is 10.0. The van der Waals surface area contributed by atoms with Gasteiger partial charge in [0.15, 0.2) is 5.13 Å². The van der Waals surface area contributed by atoms with Crippen molar-refractivity contribution in [2.24, 2.45) is 0 Å². The molecule has 0 saturated carbocycles. The summed E-state index contributed by atoms with van der Waals surface area (Å²) in [5.41, 5.74) is 4.40. The first kappa shape index (κ1) is 17.9. The van der Waals surface area contributed by atoms with Crippen LogP contribution in [0.4, 0.5) is 10.8 Å². The van der Waals surface area contributed by atoms with E-state index >= 15 is 0 Å². The van der Waals surface area contributed by atoms with Crippen LogP contribution < -0.4 is 10.2 Å². The lowest BCUT2D eigenvalue weighted by Crippen LogP contribution is -2.52. The van der Waals surface area contributed by atoms with Crippen LogP contribution in [-0.4, -0.2) is 48.0 Å². The van der Waals surface area contributed by atoms with E-state index in [-0.39, 0.29) is 11.9 Å². The molecule has 6 heteroatoms. The standard InChI is InChI=1S/C19H26N4OS/c1-13-11-14(2)17(15(3)12-13)21-18(24)16(4)22-6-8-23(9-7-22)19-20-5-10-25-19/h5,10-12,16H,6-9H2,1-4H3,(H,21,24). The number of anilines is 2. The molecule has 1 aromatic heterocycles. The number of hydrogen-bond donors (Lipinski definition) is 1. The molecule has 0 bridgehead atoms. The third-order valence-corrected chi connectivity index (χ3v) is 5.69. The Morgan fingerprint density at radius 2 is 1.80 bits per heavy atom. The summed E-state index contributed by atoms with van der Waals surface area (Å²) in [5, 5.41) is 6.21. The monoisotopic (exact) mass is 358 g/mol. The first-order valence-corrected chi connectivity index (χ1v) is 9.61. The van der Waals surface area contributed by atoms with Crippen molar-refractivity contribution in [1.29, 1.82) is 0 Å². The number of benzene rings is 1. The van der Waals surface area contributed by atoms with Gasteiger partial charge in [-0.25, -0.2) is 4.98 Å². The summed E-state index contributed by atoms with van der Waals surface area (Å²) in [6.45, 7) is 11.7. The van der Waals surface area contributed by atoms with Crippen LogP contribution in [0, 0.1) is 20.8 Å². The molecule has 1 aliphatic rings. The number of amides is 1. The minimum Gasteiger partial charge on any atom is -0.346 e. The van der Waals surface area contributed by atoms with Crippen molar-refractivity contribution in [2.45, 2.75) is 33.7 Å². The van der Waals surface area contributed by atoms with Crippen molar-refractivity contribution in [3.63, 3.8) is 0 Å². The van der Waals surface area contributed by atoms with E-state index < -0.39 is 0 Å². The average Bonchev–Trinajstić information content (AvgIpc) is 3.12. The molecular weight excluding hydrogens is 332 g/mol. The molecule has 1 unspecified atom stereocenters. The van der Waals surface area contributed by atoms with Crippen LogP contribution in [0.2, 0.25) is 0 Å². The van der Waals surface area contributed by atoms with Gasteiger partial charge in [-0.1, -0.05) is 17.7 Å². The Balaban J connectivity index is 1.60. The Morgan fingerprint density at radius 3 is 2.36 bits per heavy atom. The van der Waals surface area contributed by atoms with Crippen LogP contribution in [-0.2, 0) is 4.79 Å². The zero-order chi connectivity index (χ0) is 18.0. The van der Waals surface area contributed by atoms with Gasteiger partial charge in [0.2, 0.25) is 5.91 Å². The largest absolute Gasteiger partial charge is 0.346 e. The molecule has 1 amide bonds. The second-order valence-electron chi connectivity index (χ2n) is 6.78. The smallest absolute Gasteiger partial charge is 0.241 e. The van der Waals surface area contributed by atoms with Gasteiger partial charge in [-0.05, 0) is 38.8 Å². The number of piperazine rings is 1. The van der Waals surface area contributed by atoms with Crippen molar-refractivity contribution in [1.82, 2.24) is 9.88 Å². The zero-order valence-electron chi connectivity index (χ0n) is 15.4. The number of carbonyl (C=O) groups excluding carboxylic acids is 1. The van der Waals surface area contributed by atoms with Gasteiger partial charge in [-0.15, -0.1) is 11.3 Å². The number of nitrogens with one attached hydrogen (secondary N) is 1. The minimum atomic E-state index is -0.140. The number of hydrogen-bond acceptors (Lipinski definition) is 5. The molecule has 2 aromatic rings. The highest BCUT2D eigenvalue weighted by molar-refractivity contribution is 7.13. The van der Waals surface area contributed by atoms with Gasteiger partial charge in [0.1, 0.15) is 0 Å². The first-order chi connectivity index (χ1) is 12.0. The molecule has 1 saturated heterocycles. The predicted molar refractivity (Wildman–Crippen MR) is 105 cm³/mol. The predicted octanol–water partition coefficient (Wildman–Crippen LogP) is 3.22. The molecule has 5 nitrogen and oxygen atoms in total. The SMILES string of the molecule is Cc1cc(C)c(NC(=O)C(C)N2CCN(c3nccs3)CC2)c(C)c1. The molecule has 3 rings (SSSR count). The highest BCUT2D eigenvalue weighted by Crippen LogP contribution is 2.23. The van der Waals surface area contributed by atoms with Crippen LogP contribution in [0.5, 0.6) is 0 Å². The Morgan fingerprint density at radius 1 is 1.16 bits per heavy atom. The van der Waals surface area contributed by atoms with Crippen LogP contribution in [0.15, 0.2) is 23.7 Å². The number of aryl methyl sites for hydroxylation is 3.